The molecule has 0 aliphatic rings. The number of nitrogens with one attached hydrogen (secondary N) is 2. The Balaban J connectivity index is 0.00000529. The van der Waals surface area contributed by atoms with Crippen LogP contribution in [0.5, 0.6) is 0 Å². The van der Waals surface area contributed by atoms with Gasteiger partial charge in [0.2, 0.25) is 0 Å². The Labute approximate surface area is 168 Å². The highest BCUT2D eigenvalue weighted by Crippen LogP contribution is 2.10. The Morgan fingerprint density at radius 1 is 1.08 bits per heavy atom. The standard InChI is InChI=1S/C18H30ClN3O.HI/c1-3-20-18(21-13-5-6-15-23-4-2)22-14-7-8-16-9-11-17(19)12-10-16;/h9-12H,3-8,13-15H2,1-2H3,(H2,20,21,22);1H. The second-order valence-corrected chi connectivity index (χ2v) is 5.76. The van der Waals surface area contributed by atoms with Gasteiger partial charge in [0.15, 0.2) is 5.96 Å². The summed E-state index contributed by atoms with van der Waals surface area (Å²) in [6, 6.07) is 8.03. The van der Waals surface area contributed by atoms with Crippen LogP contribution < -0.4 is 10.6 Å². The van der Waals surface area contributed by atoms with Gasteiger partial charge in [0.25, 0.3) is 0 Å². The van der Waals surface area contributed by atoms with Crippen molar-refractivity contribution in [3.05, 3.63) is 34.9 Å². The van der Waals surface area contributed by atoms with E-state index in [2.05, 4.69) is 34.7 Å². The average molecular weight is 468 g/mol. The Morgan fingerprint density at radius 2 is 1.83 bits per heavy atom. The average Bonchev–Trinajstić information content (AvgIpc) is 2.56. The molecule has 6 heteroatoms. The zero-order chi connectivity index (χ0) is 16.8. The maximum absolute atomic E-state index is 5.89. The summed E-state index contributed by atoms with van der Waals surface area (Å²) in [5, 5.41) is 7.44. The number of guanidine groups is 1. The minimum Gasteiger partial charge on any atom is -0.382 e. The van der Waals surface area contributed by atoms with E-state index in [9.17, 15) is 0 Å². The molecule has 0 saturated heterocycles. The van der Waals surface area contributed by atoms with Gasteiger partial charge in [-0.05, 0) is 57.2 Å². The van der Waals surface area contributed by atoms with Crippen molar-refractivity contribution >= 4 is 41.5 Å². The van der Waals surface area contributed by atoms with Crippen LogP contribution >= 0.6 is 35.6 Å². The van der Waals surface area contributed by atoms with Gasteiger partial charge < -0.3 is 15.4 Å². The highest BCUT2D eigenvalue weighted by molar-refractivity contribution is 14.0. The van der Waals surface area contributed by atoms with E-state index in [1.54, 1.807) is 0 Å². The monoisotopic (exact) mass is 467 g/mol. The minimum absolute atomic E-state index is 0. The van der Waals surface area contributed by atoms with Crippen molar-refractivity contribution in [3.63, 3.8) is 0 Å². The van der Waals surface area contributed by atoms with E-state index in [4.69, 9.17) is 16.3 Å². The van der Waals surface area contributed by atoms with Gasteiger partial charge in [-0.3, -0.25) is 4.99 Å². The number of aliphatic imine (C=N–C) groups is 1. The van der Waals surface area contributed by atoms with Gasteiger partial charge in [0.1, 0.15) is 0 Å². The maximum Gasteiger partial charge on any atom is 0.191 e. The Morgan fingerprint density at radius 3 is 2.50 bits per heavy atom. The summed E-state index contributed by atoms with van der Waals surface area (Å²) < 4.78 is 5.33. The maximum atomic E-state index is 5.89. The van der Waals surface area contributed by atoms with Gasteiger partial charge >= 0.3 is 0 Å². The van der Waals surface area contributed by atoms with Crippen LogP contribution in [0, 0.1) is 0 Å². The molecule has 0 fully saturated rings. The van der Waals surface area contributed by atoms with Gasteiger partial charge in [-0.1, -0.05) is 23.7 Å². The van der Waals surface area contributed by atoms with Crippen LogP contribution in [0.25, 0.3) is 0 Å². The number of unbranched alkanes of at least 4 members (excludes halogenated alkanes) is 1. The molecule has 138 valence electrons. The molecular weight excluding hydrogens is 437 g/mol. The molecule has 0 aliphatic heterocycles. The predicted molar refractivity (Wildman–Crippen MR) is 115 cm³/mol. The number of hydrogen-bond acceptors (Lipinski definition) is 2. The van der Waals surface area contributed by atoms with Crippen molar-refractivity contribution in [1.29, 1.82) is 0 Å². The molecule has 1 aromatic carbocycles. The highest BCUT2D eigenvalue weighted by Gasteiger charge is 1.97. The molecule has 0 amide bonds. The van der Waals surface area contributed by atoms with Crippen LogP contribution in [-0.4, -0.2) is 38.8 Å². The molecule has 0 heterocycles. The van der Waals surface area contributed by atoms with Crippen LogP contribution in [0.1, 0.15) is 38.7 Å². The summed E-state index contributed by atoms with van der Waals surface area (Å²) in [6.45, 7) is 8.37. The minimum atomic E-state index is 0. The van der Waals surface area contributed by atoms with Crippen molar-refractivity contribution in [2.45, 2.75) is 39.5 Å². The molecule has 0 radical (unpaired) electrons. The summed E-state index contributed by atoms with van der Waals surface area (Å²) in [6.07, 6.45) is 4.23. The van der Waals surface area contributed by atoms with E-state index in [0.717, 1.165) is 69.5 Å². The molecule has 0 saturated carbocycles. The third-order valence-corrected chi connectivity index (χ3v) is 3.61. The van der Waals surface area contributed by atoms with Crippen LogP contribution in [-0.2, 0) is 11.2 Å². The normalized spacial score (nSPS) is 11.0. The summed E-state index contributed by atoms with van der Waals surface area (Å²) in [5.41, 5.74) is 1.30. The Hall–Kier alpha value is -0.530. The van der Waals surface area contributed by atoms with Crippen molar-refractivity contribution in [3.8, 4) is 0 Å². The number of nitrogens with zero attached hydrogens (tertiary/aromatic N) is 1. The lowest BCUT2D eigenvalue weighted by atomic mass is 10.1. The zero-order valence-corrected chi connectivity index (χ0v) is 17.9. The Kier molecular flexibility index (Phi) is 15.6. The number of ether oxygens (including phenoxy) is 1. The first-order valence-electron chi connectivity index (χ1n) is 8.60. The molecule has 0 unspecified atom stereocenters. The third kappa shape index (κ3) is 11.9. The fourth-order valence-electron chi connectivity index (χ4n) is 2.15. The molecule has 0 aliphatic carbocycles. The van der Waals surface area contributed by atoms with E-state index >= 15 is 0 Å². The van der Waals surface area contributed by atoms with E-state index in [-0.39, 0.29) is 24.0 Å². The van der Waals surface area contributed by atoms with E-state index in [1.165, 1.54) is 5.56 Å². The van der Waals surface area contributed by atoms with Crippen molar-refractivity contribution in [2.75, 3.05) is 32.8 Å². The molecule has 0 bridgehead atoms. The number of rotatable bonds is 11. The molecule has 0 spiro atoms. The van der Waals surface area contributed by atoms with Crippen molar-refractivity contribution in [2.24, 2.45) is 4.99 Å². The summed E-state index contributed by atoms with van der Waals surface area (Å²) >= 11 is 5.89. The third-order valence-electron chi connectivity index (χ3n) is 3.36. The van der Waals surface area contributed by atoms with Gasteiger partial charge in [-0.25, -0.2) is 0 Å². The molecular formula is C18H31ClIN3O. The molecule has 4 nitrogen and oxygen atoms in total. The fourth-order valence-corrected chi connectivity index (χ4v) is 2.27. The second kappa shape index (κ2) is 16.0. The van der Waals surface area contributed by atoms with E-state index in [0.29, 0.717) is 0 Å². The quantitative estimate of drug-likeness (QED) is 0.221. The van der Waals surface area contributed by atoms with Crippen molar-refractivity contribution < 1.29 is 4.74 Å². The first kappa shape index (κ1) is 23.5. The van der Waals surface area contributed by atoms with Crippen LogP contribution in [0.2, 0.25) is 5.02 Å². The largest absolute Gasteiger partial charge is 0.382 e. The summed E-state index contributed by atoms with van der Waals surface area (Å²) in [7, 11) is 0. The number of halogens is 2. The molecule has 2 N–H and O–H groups in total. The van der Waals surface area contributed by atoms with Gasteiger partial charge in [-0.15, -0.1) is 24.0 Å². The van der Waals surface area contributed by atoms with Gasteiger partial charge in [0.05, 0.1) is 0 Å². The first-order valence-corrected chi connectivity index (χ1v) is 8.98. The zero-order valence-electron chi connectivity index (χ0n) is 14.8. The first-order chi connectivity index (χ1) is 11.3. The van der Waals surface area contributed by atoms with Gasteiger partial charge in [-0.2, -0.15) is 0 Å². The van der Waals surface area contributed by atoms with Crippen LogP contribution in [0.15, 0.2) is 29.3 Å². The molecule has 24 heavy (non-hydrogen) atoms. The number of hydrogen-bond donors (Lipinski definition) is 2. The lowest BCUT2D eigenvalue weighted by Crippen LogP contribution is -2.38. The lowest BCUT2D eigenvalue weighted by Gasteiger charge is -2.11. The van der Waals surface area contributed by atoms with Gasteiger partial charge in [0, 0.05) is 37.9 Å². The molecule has 1 aromatic rings. The van der Waals surface area contributed by atoms with E-state index in [1.807, 2.05) is 19.1 Å². The second-order valence-electron chi connectivity index (χ2n) is 5.32. The SMILES string of the molecule is CCNC(=NCCCc1ccc(Cl)cc1)NCCCCOCC.I. The summed E-state index contributed by atoms with van der Waals surface area (Å²) in [4.78, 5) is 4.62. The van der Waals surface area contributed by atoms with E-state index < -0.39 is 0 Å². The van der Waals surface area contributed by atoms with Crippen LogP contribution in [0.4, 0.5) is 0 Å². The smallest absolute Gasteiger partial charge is 0.191 e. The van der Waals surface area contributed by atoms with Crippen LogP contribution in [0.3, 0.4) is 0 Å². The number of aryl methyl sites for hydroxylation is 1. The fraction of sp³-hybridized carbons (Fsp3) is 0.611. The Bertz CT molecular complexity index is 440. The predicted octanol–water partition coefficient (Wildman–Crippen LogP) is 4.26. The molecule has 0 atom stereocenters. The molecule has 0 aromatic heterocycles. The number of benzene rings is 1. The molecule has 1 rings (SSSR count). The summed E-state index contributed by atoms with van der Waals surface area (Å²) in [5.74, 6) is 0.903. The highest BCUT2D eigenvalue weighted by atomic mass is 127. The lowest BCUT2D eigenvalue weighted by molar-refractivity contribution is 0.143. The van der Waals surface area contributed by atoms with Crippen molar-refractivity contribution in [1.82, 2.24) is 10.6 Å². The topological polar surface area (TPSA) is 45.7 Å².